The van der Waals surface area contributed by atoms with Gasteiger partial charge in [-0.15, -0.1) is 11.3 Å². The zero-order valence-electron chi connectivity index (χ0n) is 17.3. The predicted molar refractivity (Wildman–Crippen MR) is 126 cm³/mol. The number of benzene rings is 2. The van der Waals surface area contributed by atoms with Crippen LogP contribution in [-0.2, 0) is 11.2 Å². The molecule has 7 heteroatoms. The van der Waals surface area contributed by atoms with Gasteiger partial charge in [0.25, 0.3) is 5.24 Å². The first-order chi connectivity index (χ1) is 15.0. The molecule has 31 heavy (non-hydrogen) atoms. The predicted octanol–water partition coefficient (Wildman–Crippen LogP) is 5.09. The number of methoxy groups -OCH3 is 1. The molecule has 2 heterocycles. The normalized spacial score (nSPS) is 17.9. The highest BCUT2D eigenvalue weighted by atomic mass is 32.2. The summed E-state index contributed by atoms with van der Waals surface area (Å²) < 4.78 is 5.32. The Labute approximate surface area is 190 Å². The minimum atomic E-state index is -0.375. The molecule has 0 radical (unpaired) electrons. The molecular weight excluding hydrogens is 428 g/mol. The van der Waals surface area contributed by atoms with E-state index in [1.807, 2.05) is 24.3 Å². The van der Waals surface area contributed by atoms with E-state index in [1.54, 1.807) is 18.4 Å². The molecule has 3 aromatic rings. The molecule has 2 N–H and O–H groups in total. The standard InChI is InChI=1S/C24H24N2O3S2/c1-15(20-7-4-12-30-20)25-22(17-8-10-19(29-2)11-9-17)18-6-3-5-16(13-18)14-21-23(27)26-24(28)31-21/h3-13,15,21-22,25H,14H2,1-2H3,(H,26,27,28). The van der Waals surface area contributed by atoms with Crippen LogP contribution < -0.4 is 15.4 Å². The molecule has 1 saturated heterocycles. The lowest BCUT2D eigenvalue weighted by molar-refractivity contribution is -0.118. The van der Waals surface area contributed by atoms with Crippen LogP contribution in [0.2, 0.25) is 0 Å². The van der Waals surface area contributed by atoms with Crippen LogP contribution in [0.1, 0.15) is 40.6 Å². The summed E-state index contributed by atoms with van der Waals surface area (Å²) in [5.41, 5.74) is 3.27. The third kappa shape index (κ3) is 5.18. The molecule has 1 aromatic heterocycles. The van der Waals surface area contributed by atoms with Crippen LogP contribution in [-0.4, -0.2) is 23.5 Å². The van der Waals surface area contributed by atoms with Gasteiger partial charge in [-0.25, -0.2) is 0 Å². The van der Waals surface area contributed by atoms with Gasteiger partial charge in [0.05, 0.1) is 18.4 Å². The maximum Gasteiger partial charge on any atom is 0.286 e. The summed E-state index contributed by atoms with van der Waals surface area (Å²) in [5.74, 6) is 0.605. The summed E-state index contributed by atoms with van der Waals surface area (Å²) in [5, 5.41) is 7.56. The molecule has 1 aliphatic heterocycles. The average molecular weight is 453 g/mol. The van der Waals surface area contributed by atoms with Gasteiger partial charge in [-0.1, -0.05) is 54.2 Å². The van der Waals surface area contributed by atoms with E-state index in [2.05, 4.69) is 59.3 Å². The number of hydrogen-bond donors (Lipinski definition) is 2. The first kappa shape index (κ1) is 21.6. The molecule has 3 unspecified atom stereocenters. The van der Waals surface area contributed by atoms with E-state index >= 15 is 0 Å². The molecule has 0 bridgehead atoms. The fourth-order valence-electron chi connectivity index (χ4n) is 3.69. The molecule has 160 valence electrons. The van der Waals surface area contributed by atoms with Gasteiger partial charge in [-0.3, -0.25) is 20.2 Å². The van der Waals surface area contributed by atoms with Crippen molar-refractivity contribution in [2.75, 3.05) is 7.11 Å². The van der Waals surface area contributed by atoms with E-state index in [0.29, 0.717) is 6.42 Å². The molecular formula is C24H24N2O3S2. The number of thiophene rings is 1. The Balaban J connectivity index is 1.62. The lowest BCUT2D eigenvalue weighted by Gasteiger charge is -2.25. The first-order valence-electron chi connectivity index (χ1n) is 10.1. The molecule has 4 rings (SSSR count). The van der Waals surface area contributed by atoms with Crippen molar-refractivity contribution in [3.8, 4) is 5.75 Å². The Morgan fingerprint density at radius 1 is 1.06 bits per heavy atom. The summed E-state index contributed by atoms with van der Waals surface area (Å²) in [6, 6.07) is 20.7. The van der Waals surface area contributed by atoms with Crippen molar-refractivity contribution >= 4 is 34.2 Å². The molecule has 0 aliphatic carbocycles. The number of thioether (sulfide) groups is 1. The average Bonchev–Trinajstić information content (AvgIpc) is 3.42. The Bertz CT molecular complexity index is 1050. The zero-order chi connectivity index (χ0) is 21.8. The smallest absolute Gasteiger partial charge is 0.286 e. The van der Waals surface area contributed by atoms with Crippen molar-refractivity contribution in [1.29, 1.82) is 0 Å². The van der Waals surface area contributed by atoms with Gasteiger partial charge in [-0.2, -0.15) is 0 Å². The number of imide groups is 1. The molecule has 0 spiro atoms. The van der Waals surface area contributed by atoms with Crippen LogP contribution in [0.4, 0.5) is 4.79 Å². The molecule has 1 fully saturated rings. The van der Waals surface area contributed by atoms with Crippen molar-refractivity contribution in [1.82, 2.24) is 10.6 Å². The maximum absolute atomic E-state index is 12.0. The van der Waals surface area contributed by atoms with Crippen LogP contribution >= 0.6 is 23.1 Å². The minimum absolute atomic E-state index is 0.0327. The van der Waals surface area contributed by atoms with Gasteiger partial charge in [0.1, 0.15) is 5.75 Å². The van der Waals surface area contributed by atoms with E-state index < -0.39 is 0 Å². The quantitative estimate of drug-likeness (QED) is 0.498. The van der Waals surface area contributed by atoms with Crippen LogP contribution in [0, 0.1) is 0 Å². The number of hydrogen-bond acceptors (Lipinski definition) is 6. The van der Waals surface area contributed by atoms with Gasteiger partial charge < -0.3 is 4.74 Å². The molecule has 3 atom stereocenters. The largest absolute Gasteiger partial charge is 0.497 e. The number of carbonyl (C=O) groups excluding carboxylic acids is 2. The van der Waals surface area contributed by atoms with Gasteiger partial charge in [-0.05, 0) is 53.6 Å². The van der Waals surface area contributed by atoms with Crippen molar-refractivity contribution in [2.24, 2.45) is 0 Å². The highest BCUT2D eigenvalue weighted by Crippen LogP contribution is 2.30. The fraction of sp³-hybridized carbons (Fsp3) is 0.250. The highest BCUT2D eigenvalue weighted by Gasteiger charge is 2.31. The van der Waals surface area contributed by atoms with E-state index in [1.165, 1.54) is 4.88 Å². The van der Waals surface area contributed by atoms with Crippen molar-refractivity contribution in [3.05, 3.63) is 87.6 Å². The van der Waals surface area contributed by atoms with Crippen molar-refractivity contribution in [2.45, 2.75) is 30.7 Å². The van der Waals surface area contributed by atoms with Gasteiger partial charge >= 0.3 is 0 Å². The topological polar surface area (TPSA) is 67.4 Å². The molecule has 5 nitrogen and oxygen atoms in total. The summed E-state index contributed by atoms with van der Waals surface area (Å²) in [6.45, 7) is 2.16. The SMILES string of the molecule is COc1ccc(C(NC(C)c2cccs2)c2cccc(CC3SC(=O)NC3=O)c2)cc1. The van der Waals surface area contributed by atoms with E-state index in [9.17, 15) is 9.59 Å². The number of rotatable bonds is 8. The number of carbonyl (C=O) groups is 2. The summed E-state index contributed by atoms with van der Waals surface area (Å²) in [4.78, 5) is 24.8. The summed E-state index contributed by atoms with van der Waals surface area (Å²) in [6.07, 6.45) is 0.520. The van der Waals surface area contributed by atoms with Gasteiger partial charge in [0.2, 0.25) is 5.91 Å². The second-order valence-corrected chi connectivity index (χ2v) is 9.60. The van der Waals surface area contributed by atoms with Gasteiger partial charge in [0.15, 0.2) is 0 Å². The van der Waals surface area contributed by atoms with Gasteiger partial charge in [0, 0.05) is 10.9 Å². The third-order valence-electron chi connectivity index (χ3n) is 5.31. The van der Waals surface area contributed by atoms with Crippen LogP contribution in [0.3, 0.4) is 0 Å². The zero-order valence-corrected chi connectivity index (χ0v) is 19.0. The van der Waals surface area contributed by atoms with Crippen LogP contribution in [0.15, 0.2) is 66.0 Å². The molecule has 2 amide bonds. The Hall–Kier alpha value is -2.61. The van der Waals surface area contributed by atoms with Crippen molar-refractivity contribution < 1.29 is 14.3 Å². The van der Waals surface area contributed by atoms with Crippen molar-refractivity contribution in [3.63, 3.8) is 0 Å². The minimum Gasteiger partial charge on any atom is -0.497 e. The highest BCUT2D eigenvalue weighted by molar-refractivity contribution is 8.15. The van der Waals surface area contributed by atoms with E-state index in [-0.39, 0.29) is 28.5 Å². The van der Waals surface area contributed by atoms with E-state index in [0.717, 1.165) is 34.2 Å². The number of amides is 2. The Kier molecular flexibility index (Phi) is 6.75. The Morgan fingerprint density at radius 3 is 2.52 bits per heavy atom. The lowest BCUT2D eigenvalue weighted by Crippen LogP contribution is -2.26. The molecule has 2 aromatic carbocycles. The second kappa shape index (κ2) is 9.68. The van der Waals surface area contributed by atoms with E-state index in [4.69, 9.17) is 4.74 Å². The third-order valence-corrected chi connectivity index (χ3v) is 7.34. The maximum atomic E-state index is 12.0. The van der Waals surface area contributed by atoms with Crippen LogP contribution in [0.5, 0.6) is 5.75 Å². The molecule has 0 saturated carbocycles. The second-order valence-electron chi connectivity index (χ2n) is 7.44. The lowest BCUT2D eigenvalue weighted by atomic mass is 9.95. The summed E-state index contributed by atoms with van der Waals surface area (Å²) >= 11 is 2.80. The summed E-state index contributed by atoms with van der Waals surface area (Å²) in [7, 11) is 1.66. The Morgan fingerprint density at radius 2 is 1.87 bits per heavy atom. The van der Waals surface area contributed by atoms with Crippen LogP contribution in [0.25, 0.3) is 0 Å². The number of nitrogens with one attached hydrogen (secondary N) is 2. The molecule has 1 aliphatic rings. The number of ether oxygens (including phenoxy) is 1. The monoisotopic (exact) mass is 452 g/mol. The fourth-order valence-corrected chi connectivity index (χ4v) is 5.30. The first-order valence-corrected chi connectivity index (χ1v) is 11.8.